The van der Waals surface area contributed by atoms with E-state index >= 15 is 0 Å². The van der Waals surface area contributed by atoms with Crippen LogP contribution in [0.4, 0.5) is 4.39 Å². The maximum absolute atomic E-state index is 13.1. The van der Waals surface area contributed by atoms with Crippen LogP contribution in [0.5, 0.6) is 0 Å². The molecule has 0 N–H and O–H groups in total. The highest BCUT2D eigenvalue weighted by molar-refractivity contribution is 6.32. The van der Waals surface area contributed by atoms with Gasteiger partial charge in [-0.25, -0.2) is 4.39 Å². The van der Waals surface area contributed by atoms with Crippen LogP contribution in [-0.2, 0) is 0 Å². The van der Waals surface area contributed by atoms with Crippen molar-refractivity contribution in [1.82, 2.24) is 0 Å². The van der Waals surface area contributed by atoms with Crippen molar-refractivity contribution in [3.8, 4) is 0 Å². The minimum absolute atomic E-state index is 0.0660. The van der Waals surface area contributed by atoms with Crippen LogP contribution in [0.2, 0.25) is 0 Å². The Bertz CT molecular complexity index is 439. The first-order valence-corrected chi connectivity index (χ1v) is 3.81. The number of halogens is 1. The van der Waals surface area contributed by atoms with Crippen molar-refractivity contribution >= 4 is 19.4 Å². The molecule has 1 aromatic rings. The minimum Gasteiger partial charge on any atom is -0.274 e. The van der Waals surface area contributed by atoms with E-state index in [2.05, 4.69) is 4.99 Å². The number of nitrogens with zero attached hydrogens (tertiary/aromatic N) is 1. The topological polar surface area (TPSA) is 12.4 Å². The van der Waals surface area contributed by atoms with Crippen molar-refractivity contribution in [2.75, 3.05) is 0 Å². The van der Waals surface area contributed by atoms with Crippen LogP contribution >= 0.6 is 0 Å². The molecule has 0 aromatic heterocycles. The average molecular weight is 159 g/mol. The van der Waals surface area contributed by atoms with Gasteiger partial charge >= 0.3 is 0 Å². The summed E-state index contributed by atoms with van der Waals surface area (Å²) in [4.78, 5) is 4.11. The average Bonchev–Trinajstić information content (AvgIpc) is 2.29. The molecular weight excluding hydrogens is 152 g/mol. The smallest absolute Gasteiger partial charge is 0.148 e. The van der Waals surface area contributed by atoms with E-state index in [1.54, 1.807) is 6.07 Å². The molecule has 0 fully saturated rings. The molecular formula is C9H7BFN. The van der Waals surface area contributed by atoms with Gasteiger partial charge in [-0.2, -0.15) is 0 Å². The van der Waals surface area contributed by atoms with Gasteiger partial charge in [-0.05, 0) is 13.0 Å². The molecule has 0 amide bonds. The summed E-state index contributed by atoms with van der Waals surface area (Å²) in [5.74, 6) is -0.328. The van der Waals surface area contributed by atoms with E-state index in [-0.39, 0.29) is 11.9 Å². The van der Waals surface area contributed by atoms with Gasteiger partial charge in [0, 0.05) is 5.22 Å². The molecule has 1 atom stereocenters. The van der Waals surface area contributed by atoms with Gasteiger partial charge in [0.15, 0.2) is 0 Å². The van der Waals surface area contributed by atoms with Gasteiger partial charge in [0.1, 0.15) is 19.0 Å². The van der Waals surface area contributed by atoms with Crippen LogP contribution < -0.4 is 16.0 Å². The van der Waals surface area contributed by atoms with Gasteiger partial charge in [-0.15, -0.1) is 0 Å². The van der Waals surface area contributed by atoms with Crippen LogP contribution in [0, 0.1) is 5.82 Å². The fourth-order valence-electron chi connectivity index (χ4n) is 1.41. The Labute approximate surface area is 71.0 Å². The summed E-state index contributed by atoms with van der Waals surface area (Å²) in [5.41, 5.74) is 0.451. The predicted octanol–water partition coefficient (Wildman–Crippen LogP) is -0.578. The second kappa shape index (κ2) is 2.44. The SMILES string of the molecule is [B]c1cc(F)c2c(c1)=CC(C)N=2. The van der Waals surface area contributed by atoms with Gasteiger partial charge in [0.05, 0.1) is 6.04 Å². The molecule has 3 heteroatoms. The molecule has 1 unspecified atom stereocenters. The Morgan fingerprint density at radius 2 is 2.25 bits per heavy atom. The third kappa shape index (κ3) is 1.05. The first-order valence-electron chi connectivity index (χ1n) is 3.81. The number of fused-ring (bicyclic) bond motifs is 1. The van der Waals surface area contributed by atoms with E-state index in [0.29, 0.717) is 10.8 Å². The zero-order chi connectivity index (χ0) is 8.72. The second-order valence-corrected chi connectivity index (χ2v) is 2.98. The van der Waals surface area contributed by atoms with E-state index in [4.69, 9.17) is 7.85 Å². The van der Waals surface area contributed by atoms with Gasteiger partial charge in [-0.1, -0.05) is 17.6 Å². The molecule has 1 nitrogen and oxygen atoms in total. The predicted molar refractivity (Wildman–Crippen MR) is 46.5 cm³/mol. The molecule has 0 aliphatic carbocycles. The lowest BCUT2D eigenvalue weighted by atomic mass is 9.95. The molecule has 0 spiro atoms. The van der Waals surface area contributed by atoms with Crippen LogP contribution in [0.3, 0.4) is 0 Å². The van der Waals surface area contributed by atoms with Gasteiger partial charge in [-0.3, -0.25) is 4.99 Å². The van der Waals surface area contributed by atoms with Crippen molar-refractivity contribution in [2.24, 2.45) is 4.99 Å². The third-order valence-corrected chi connectivity index (χ3v) is 1.87. The van der Waals surface area contributed by atoms with Crippen molar-refractivity contribution in [2.45, 2.75) is 13.0 Å². The number of rotatable bonds is 0. The zero-order valence-corrected chi connectivity index (χ0v) is 6.71. The summed E-state index contributed by atoms with van der Waals surface area (Å²) in [5, 5.41) is 1.25. The summed E-state index contributed by atoms with van der Waals surface area (Å²) >= 11 is 0. The van der Waals surface area contributed by atoms with Crippen molar-refractivity contribution in [3.05, 3.63) is 28.5 Å². The largest absolute Gasteiger partial charge is 0.274 e. The van der Waals surface area contributed by atoms with E-state index in [1.807, 2.05) is 13.0 Å². The lowest BCUT2D eigenvalue weighted by molar-refractivity contribution is 0.610. The van der Waals surface area contributed by atoms with Crippen LogP contribution in [0.1, 0.15) is 6.92 Å². The highest BCUT2D eigenvalue weighted by atomic mass is 19.1. The number of hydrogen-bond donors (Lipinski definition) is 0. The van der Waals surface area contributed by atoms with Crippen LogP contribution in [-0.4, -0.2) is 13.9 Å². The van der Waals surface area contributed by atoms with Gasteiger partial charge in [0.25, 0.3) is 0 Å². The summed E-state index contributed by atoms with van der Waals surface area (Å²) < 4.78 is 13.1. The molecule has 1 heterocycles. The van der Waals surface area contributed by atoms with Crippen molar-refractivity contribution in [1.29, 1.82) is 0 Å². The normalized spacial score (nSPS) is 19.7. The highest BCUT2D eigenvalue weighted by Crippen LogP contribution is 1.94. The molecule has 1 aliphatic heterocycles. The van der Waals surface area contributed by atoms with Gasteiger partial charge < -0.3 is 0 Å². The molecule has 12 heavy (non-hydrogen) atoms. The second-order valence-electron chi connectivity index (χ2n) is 2.98. The third-order valence-electron chi connectivity index (χ3n) is 1.87. The monoisotopic (exact) mass is 159 g/mol. The lowest BCUT2D eigenvalue weighted by Gasteiger charge is -1.91. The van der Waals surface area contributed by atoms with E-state index < -0.39 is 0 Å². The molecule has 0 saturated heterocycles. The van der Waals surface area contributed by atoms with E-state index in [9.17, 15) is 4.39 Å². The molecule has 0 saturated carbocycles. The quantitative estimate of drug-likeness (QED) is 0.449. The molecule has 0 bridgehead atoms. The van der Waals surface area contributed by atoms with Crippen LogP contribution in [0.25, 0.3) is 6.08 Å². The molecule has 2 radical (unpaired) electrons. The molecule has 1 aliphatic rings. The van der Waals surface area contributed by atoms with Crippen LogP contribution in [0.15, 0.2) is 17.1 Å². The van der Waals surface area contributed by atoms with E-state index in [0.717, 1.165) is 5.22 Å². The standard InChI is InChI=1S/C9H7BFN/c1-5-2-6-3-7(10)4-8(11)9(6)12-5/h2-5H,1H3. The summed E-state index contributed by atoms with van der Waals surface area (Å²) in [6, 6.07) is 3.11. The molecule has 2 rings (SSSR count). The lowest BCUT2D eigenvalue weighted by Crippen LogP contribution is -2.30. The maximum Gasteiger partial charge on any atom is 0.148 e. The minimum atomic E-state index is -0.328. The molecule has 58 valence electrons. The zero-order valence-electron chi connectivity index (χ0n) is 6.71. The first-order chi connectivity index (χ1) is 5.66. The fraction of sp³-hybridized carbons (Fsp3) is 0.222. The summed E-state index contributed by atoms with van der Waals surface area (Å²) in [6.07, 6.45) is 1.90. The Morgan fingerprint density at radius 3 is 3.00 bits per heavy atom. The Balaban J connectivity index is 2.86. The Hall–Kier alpha value is -1.12. The Morgan fingerprint density at radius 1 is 1.50 bits per heavy atom. The number of hydrogen-bond acceptors (Lipinski definition) is 1. The van der Waals surface area contributed by atoms with Gasteiger partial charge in [0.2, 0.25) is 0 Å². The highest BCUT2D eigenvalue weighted by Gasteiger charge is 2.06. The summed E-state index contributed by atoms with van der Waals surface area (Å²) in [7, 11) is 5.48. The first kappa shape index (κ1) is 7.53. The molecule has 1 aromatic carbocycles. The fourth-order valence-corrected chi connectivity index (χ4v) is 1.41. The van der Waals surface area contributed by atoms with E-state index in [1.165, 1.54) is 6.07 Å². The summed E-state index contributed by atoms with van der Waals surface area (Å²) in [6.45, 7) is 1.91. The van der Waals surface area contributed by atoms with Crippen molar-refractivity contribution in [3.63, 3.8) is 0 Å². The number of benzene rings is 1. The van der Waals surface area contributed by atoms with Crippen molar-refractivity contribution < 1.29 is 4.39 Å². The maximum atomic E-state index is 13.1. The Kier molecular flexibility index (Phi) is 1.53.